The second-order valence-electron chi connectivity index (χ2n) is 6.61. The van der Waals surface area contributed by atoms with Gasteiger partial charge in [-0.25, -0.2) is 4.68 Å². The summed E-state index contributed by atoms with van der Waals surface area (Å²) in [4.78, 5) is 0. The average Bonchev–Trinajstić information content (AvgIpc) is 3.03. The van der Waals surface area contributed by atoms with Gasteiger partial charge in [0.1, 0.15) is 0 Å². The molecule has 0 spiro atoms. The van der Waals surface area contributed by atoms with Crippen molar-refractivity contribution in [1.29, 1.82) is 0 Å². The summed E-state index contributed by atoms with van der Waals surface area (Å²) in [6.45, 7) is 11.9. The quantitative estimate of drug-likeness (QED) is 0.376. The van der Waals surface area contributed by atoms with Crippen LogP contribution in [0, 0.1) is 0 Å². The van der Waals surface area contributed by atoms with Gasteiger partial charge >= 0.3 is 0 Å². The van der Waals surface area contributed by atoms with E-state index < -0.39 is 8.32 Å². The van der Waals surface area contributed by atoms with E-state index in [1.165, 1.54) is 16.4 Å². The Hall–Kier alpha value is -1.25. The highest BCUT2D eigenvalue weighted by Crippen LogP contribution is 2.36. The highest BCUT2D eigenvalue weighted by atomic mass is 32.2. The molecule has 0 bridgehead atoms. The van der Waals surface area contributed by atoms with Crippen LogP contribution in [0.2, 0.25) is 18.1 Å². The Kier molecular flexibility index (Phi) is 5.03. The second kappa shape index (κ2) is 6.47. The lowest BCUT2D eigenvalue weighted by Gasteiger charge is -2.36. The normalized spacial score (nSPS) is 12.8. The lowest BCUT2D eigenvalue weighted by Crippen LogP contribution is -2.41. The van der Waals surface area contributed by atoms with E-state index in [1.807, 2.05) is 6.07 Å². The molecule has 6 nitrogen and oxygen atoms in total. The van der Waals surface area contributed by atoms with E-state index in [-0.39, 0.29) is 5.04 Å². The zero-order valence-corrected chi connectivity index (χ0v) is 15.6. The monoisotopic (exact) mass is 340 g/mol. The van der Waals surface area contributed by atoms with Crippen molar-refractivity contribution in [2.24, 2.45) is 0 Å². The fraction of sp³-hybridized carbons (Fsp3) is 0.571. The molecule has 2 N–H and O–H groups in total. The Bertz CT molecular complexity index is 605. The van der Waals surface area contributed by atoms with Gasteiger partial charge in [0.25, 0.3) is 0 Å². The first-order valence-corrected chi connectivity index (χ1v) is 11.1. The van der Waals surface area contributed by atoms with Crippen LogP contribution in [0.5, 0.6) is 0 Å². The highest BCUT2D eigenvalue weighted by Gasteiger charge is 2.36. The molecule has 0 radical (unpaired) electrons. The molecule has 0 amide bonds. The molecule has 0 saturated heterocycles. The molecule has 8 heteroatoms. The van der Waals surface area contributed by atoms with Gasteiger partial charge in [0.15, 0.2) is 14.1 Å². The number of rotatable bonds is 6. The van der Waals surface area contributed by atoms with Crippen molar-refractivity contribution in [3.8, 4) is 11.6 Å². The van der Waals surface area contributed by atoms with Crippen LogP contribution in [0.4, 0.5) is 0 Å². The number of nitrogens with two attached hydrogens (primary N) is 1. The molecule has 2 heterocycles. The number of hydrogen-bond donors (Lipinski definition) is 1. The predicted molar refractivity (Wildman–Crippen MR) is 91.7 cm³/mol. The van der Waals surface area contributed by atoms with Gasteiger partial charge < -0.3 is 14.7 Å². The van der Waals surface area contributed by atoms with Gasteiger partial charge in [-0.1, -0.05) is 32.5 Å². The minimum atomic E-state index is -1.70. The number of nitrogen functional groups attached to an aromatic ring is 1. The molecule has 0 unspecified atom stereocenters. The van der Waals surface area contributed by atoms with E-state index in [4.69, 9.17) is 14.7 Å². The molecule has 0 aliphatic rings. The summed E-state index contributed by atoms with van der Waals surface area (Å²) in [6, 6.07) is 3.60. The first-order valence-electron chi connectivity index (χ1n) is 7.23. The molecule has 2 rings (SSSR count). The molecule has 0 atom stereocenters. The van der Waals surface area contributed by atoms with Gasteiger partial charge in [0.05, 0.1) is 6.26 Å². The van der Waals surface area contributed by atoms with Crippen LogP contribution in [0.1, 0.15) is 20.8 Å². The van der Waals surface area contributed by atoms with E-state index in [2.05, 4.69) is 44.1 Å². The minimum absolute atomic E-state index is 0.220. The highest BCUT2D eigenvalue weighted by molar-refractivity contribution is 7.99. The van der Waals surface area contributed by atoms with Crippen LogP contribution >= 0.6 is 11.8 Å². The van der Waals surface area contributed by atoms with Crippen molar-refractivity contribution in [3.63, 3.8) is 0 Å². The minimum Gasteiger partial charge on any atom is -0.461 e. The Labute approximate surface area is 136 Å². The van der Waals surface area contributed by atoms with Crippen LogP contribution in [-0.2, 0) is 4.43 Å². The molecular weight excluding hydrogens is 316 g/mol. The largest absolute Gasteiger partial charge is 0.461 e. The summed E-state index contributed by atoms with van der Waals surface area (Å²) in [7, 11) is -1.70. The maximum Gasteiger partial charge on any atom is 0.218 e. The van der Waals surface area contributed by atoms with Gasteiger partial charge in [0.2, 0.25) is 11.0 Å². The third-order valence-corrected chi connectivity index (χ3v) is 9.44. The van der Waals surface area contributed by atoms with Crippen molar-refractivity contribution in [2.75, 3.05) is 18.2 Å². The lowest BCUT2D eigenvalue weighted by atomic mass is 10.2. The number of aromatic nitrogens is 3. The molecule has 2 aromatic rings. The summed E-state index contributed by atoms with van der Waals surface area (Å²) >= 11 is 1.54. The number of hydrogen-bond acceptors (Lipinski definition) is 6. The molecule has 0 saturated carbocycles. The third-order valence-electron chi connectivity index (χ3n) is 3.99. The van der Waals surface area contributed by atoms with Crippen molar-refractivity contribution in [1.82, 2.24) is 14.9 Å². The molecule has 122 valence electrons. The van der Waals surface area contributed by atoms with Crippen LogP contribution in [0.15, 0.2) is 28.0 Å². The zero-order valence-electron chi connectivity index (χ0n) is 13.8. The van der Waals surface area contributed by atoms with Crippen LogP contribution in [-0.4, -0.2) is 35.6 Å². The van der Waals surface area contributed by atoms with E-state index >= 15 is 0 Å². The Morgan fingerprint density at radius 2 is 2.09 bits per heavy atom. The van der Waals surface area contributed by atoms with E-state index in [0.29, 0.717) is 23.3 Å². The maximum atomic E-state index is 6.14. The standard InChI is InChI=1S/C14H24N4O2SSi/c1-14(2,3)22(4,5)20-9-10-21-13-17-16-12(18(13)15)11-7-6-8-19-11/h6-8H,9-10,15H2,1-5H3. The van der Waals surface area contributed by atoms with E-state index in [1.54, 1.807) is 12.3 Å². The van der Waals surface area contributed by atoms with Gasteiger partial charge in [-0.05, 0) is 30.3 Å². The van der Waals surface area contributed by atoms with Crippen LogP contribution in [0.25, 0.3) is 11.6 Å². The van der Waals surface area contributed by atoms with E-state index in [9.17, 15) is 0 Å². The summed E-state index contributed by atoms with van der Waals surface area (Å²) < 4.78 is 12.9. The summed E-state index contributed by atoms with van der Waals surface area (Å²) in [6.07, 6.45) is 1.59. The molecule has 0 fully saturated rings. The summed E-state index contributed by atoms with van der Waals surface area (Å²) in [5, 5.41) is 9.05. The van der Waals surface area contributed by atoms with Gasteiger partial charge in [-0.2, -0.15) is 0 Å². The smallest absolute Gasteiger partial charge is 0.218 e. The molecule has 22 heavy (non-hydrogen) atoms. The summed E-state index contributed by atoms with van der Waals surface area (Å²) in [5.74, 6) is 7.94. The van der Waals surface area contributed by atoms with E-state index in [0.717, 1.165) is 5.75 Å². The SMILES string of the molecule is CC(C)(C)[Si](C)(C)OCCSc1nnc(-c2ccco2)n1N. The van der Waals surface area contributed by atoms with Gasteiger partial charge in [0, 0.05) is 12.4 Å². The molecule has 0 aliphatic heterocycles. The zero-order chi connectivity index (χ0) is 16.4. The fourth-order valence-corrected chi connectivity index (χ4v) is 3.46. The predicted octanol–water partition coefficient (Wildman–Crippen LogP) is 3.37. The Morgan fingerprint density at radius 3 is 2.68 bits per heavy atom. The van der Waals surface area contributed by atoms with Crippen LogP contribution in [0.3, 0.4) is 0 Å². The van der Waals surface area contributed by atoms with Gasteiger partial charge in [-0.3, -0.25) is 0 Å². The van der Waals surface area contributed by atoms with Crippen molar-refractivity contribution in [2.45, 2.75) is 44.1 Å². The molecule has 2 aromatic heterocycles. The van der Waals surface area contributed by atoms with Crippen molar-refractivity contribution >= 4 is 20.1 Å². The first-order chi connectivity index (χ1) is 10.2. The third kappa shape index (κ3) is 3.74. The molecule has 0 aromatic carbocycles. The number of nitrogens with zero attached hydrogens (tertiary/aromatic N) is 3. The van der Waals surface area contributed by atoms with Crippen molar-refractivity contribution in [3.05, 3.63) is 18.4 Å². The molecular formula is C14H24N4O2SSi. The van der Waals surface area contributed by atoms with Crippen molar-refractivity contribution < 1.29 is 8.84 Å². The maximum absolute atomic E-state index is 6.14. The number of furan rings is 1. The van der Waals surface area contributed by atoms with Gasteiger partial charge in [-0.15, -0.1) is 10.2 Å². The lowest BCUT2D eigenvalue weighted by molar-refractivity contribution is 0.311. The Morgan fingerprint density at radius 1 is 1.36 bits per heavy atom. The average molecular weight is 341 g/mol. The first kappa shape index (κ1) is 17.1. The Balaban J connectivity index is 1.89. The fourth-order valence-electron chi connectivity index (χ4n) is 1.60. The molecule has 0 aliphatic carbocycles. The number of thioether (sulfide) groups is 1. The second-order valence-corrected chi connectivity index (χ2v) is 12.5. The topological polar surface area (TPSA) is 79.1 Å². The summed E-state index contributed by atoms with van der Waals surface area (Å²) in [5.41, 5.74) is 0. The van der Waals surface area contributed by atoms with Crippen LogP contribution < -0.4 is 5.84 Å².